The number of unbranched alkanes of at least 4 members (excludes halogenated alkanes) is 2. The number of alkyl halides is 2. The predicted molar refractivity (Wildman–Crippen MR) is 239 cm³/mol. The Morgan fingerprint density at radius 1 is 0.967 bits per heavy atom. The molecule has 3 aliphatic carbocycles. The molecule has 4 fully saturated rings. The van der Waals surface area contributed by atoms with Crippen molar-refractivity contribution in [1.82, 2.24) is 24.5 Å². The van der Waals surface area contributed by atoms with Gasteiger partial charge in [0.05, 0.1) is 23.3 Å². The minimum absolute atomic E-state index is 0.0581. The number of aromatic nitrogens is 2. The van der Waals surface area contributed by atoms with E-state index in [9.17, 15) is 41.8 Å². The molecular weight excluding hydrogens is 834 g/mol. The van der Waals surface area contributed by atoms with Gasteiger partial charge in [-0.2, -0.15) is 0 Å². The van der Waals surface area contributed by atoms with Crippen molar-refractivity contribution >= 4 is 57.3 Å². The summed E-state index contributed by atoms with van der Waals surface area (Å²) in [5.74, 6) is -0.994. The largest absolute Gasteiger partial charge is 0.453 e. The number of methoxy groups -OCH3 is 1. The van der Waals surface area contributed by atoms with Crippen LogP contribution < -0.4 is 27.0 Å². The maximum absolute atomic E-state index is 12.4. The molecular formula is C43H71ClF2N6O8S. The minimum atomic E-state index is -2.43. The average molecular weight is 906 g/mol. The number of benzene rings is 1. The van der Waals surface area contributed by atoms with E-state index in [0.717, 1.165) is 43.9 Å². The number of hydrogen-bond acceptors (Lipinski definition) is 8. The van der Waals surface area contributed by atoms with Crippen LogP contribution in [0.4, 0.5) is 13.6 Å². The molecule has 4 aliphatic rings. The molecule has 6 rings (SSSR count). The number of carbonyl (C=O) groups excluding carboxylic acids is 4. The molecule has 0 radical (unpaired) electrons. The predicted octanol–water partition coefficient (Wildman–Crippen LogP) is 7.46. The Morgan fingerprint density at radius 3 is 2.13 bits per heavy atom. The smallest absolute Gasteiger partial charge is 0.407 e. The second-order valence-electron chi connectivity index (χ2n) is 15.6. The van der Waals surface area contributed by atoms with E-state index in [-0.39, 0.29) is 35.4 Å². The standard InChI is InChI=1S/C18H23ClN2O2.C9H15N3O4.C8H11F2NO2S.C4H10.2C2H6/c19-14-9-10-15-16(12-14)20-18(23)21(17(15)22)11-5-1-2-6-13-7-3-4-8-13;1-16-9(15)11-5-7(13)12-4-2-3-6(12)8(10)14;9-7(10)5-3-6(5)8(12)11-14(13)4-1-2-4;1-4(2)3;2*1-2/h9-10,12-13H,1-8,11H2,(H,20,23);6H,2-5H2,1H3,(H2,10,14)(H,11,15);4-7H,1-3H2,(H,11,12);4H,1-3H3;2*1-2H3. The third-order valence-electron chi connectivity index (χ3n) is 9.91. The maximum Gasteiger partial charge on any atom is 0.407 e. The summed E-state index contributed by atoms with van der Waals surface area (Å²) in [6, 6.07) is 4.42. The Hall–Kier alpha value is -3.86. The molecule has 4 unspecified atom stereocenters. The molecule has 3 saturated carbocycles. The number of carbonyl (C=O) groups is 4. The number of nitrogens with zero attached hydrogens (tertiary/aromatic N) is 2. The first-order chi connectivity index (χ1) is 29.0. The number of hydrogen-bond donors (Lipinski definition) is 4. The fourth-order valence-corrected chi connectivity index (χ4v) is 7.88. The highest BCUT2D eigenvalue weighted by Gasteiger charge is 2.49. The summed E-state index contributed by atoms with van der Waals surface area (Å²) in [7, 11) is -0.134. The Labute approximate surface area is 367 Å². The molecule has 1 aromatic heterocycles. The van der Waals surface area contributed by atoms with Crippen molar-refractivity contribution in [1.29, 1.82) is 0 Å². The first-order valence-corrected chi connectivity index (χ1v) is 23.4. The Kier molecular flexibility index (Phi) is 26.6. The van der Waals surface area contributed by atoms with Gasteiger partial charge in [-0.05, 0) is 68.6 Å². The van der Waals surface area contributed by atoms with E-state index in [0.29, 0.717) is 35.4 Å². The van der Waals surface area contributed by atoms with Crippen molar-refractivity contribution in [2.45, 2.75) is 156 Å². The molecule has 5 N–H and O–H groups in total. The zero-order chi connectivity index (χ0) is 46.2. The number of nitrogens with one attached hydrogen (secondary N) is 3. The Balaban J connectivity index is 0.000000433. The molecule has 18 heteroatoms. The average Bonchev–Trinajstić information content (AvgIpc) is 4.13. The van der Waals surface area contributed by atoms with Crippen molar-refractivity contribution in [3.05, 3.63) is 44.1 Å². The van der Waals surface area contributed by atoms with Gasteiger partial charge in [0.1, 0.15) is 23.6 Å². The van der Waals surface area contributed by atoms with Crippen LogP contribution in [0.3, 0.4) is 0 Å². The number of aromatic amines is 1. The van der Waals surface area contributed by atoms with E-state index in [1.165, 1.54) is 55.1 Å². The van der Waals surface area contributed by atoms with Crippen LogP contribution >= 0.6 is 11.6 Å². The topological polar surface area (TPSA) is 203 Å². The summed E-state index contributed by atoms with van der Waals surface area (Å²) >= 11 is 5.90. The van der Waals surface area contributed by atoms with Crippen molar-refractivity contribution in [3.8, 4) is 0 Å². The number of amides is 4. The lowest BCUT2D eigenvalue weighted by atomic mass is 10.00. The number of fused-ring (bicyclic) bond motifs is 1. The van der Waals surface area contributed by atoms with Gasteiger partial charge in [-0.25, -0.2) is 22.6 Å². The van der Waals surface area contributed by atoms with Crippen LogP contribution in [0.2, 0.25) is 5.02 Å². The first kappa shape index (κ1) is 55.2. The van der Waals surface area contributed by atoms with Crippen LogP contribution in [0.5, 0.6) is 0 Å². The lowest BCUT2D eigenvalue weighted by molar-refractivity contribution is -0.136. The van der Waals surface area contributed by atoms with Gasteiger partial charge in [0.2, 0.25) is 24.1 Å². The van der Waals surface area contributed by atoms with E-state index in [1.54, 1.807) is 18.2 Å². The zero-order valence-corrected chi connectivity index (χ0v) is 38.9. The van der Waals surface area contributed by atoms with Crippen LogP contribution in [0.25, 0.3) is 10.9 Å². The number of likely N-dealkylation sites (tertiary alicyclic amines) is 1. The summed E-state index contributed by atoms with van der Waals surface area (Å²) in [6.07, 6.45) is 10.1. The van der Waals surface area contributed by atoms with Crippen LogP contribution in [-0.4, -0.2) is 80.4 Å². The van der Waals surface area contributed by atoms with Gasteiger partial charge >= 0.3 is 11.8 Å². The maximum atomic E-state index is 12.4. The number of rotatable bonds is 13. The molecule has 1 aromatic carbocycles. The third kappa shape index (κ3) is 20.3. The second kappa shape index (κ2) is 29.4. The van der Waals surface area contributed by atoms with Crippen LogP contribution in [0.15, 0.2) is 27.8 Å². The van der Waals surface area contributed by atoms with E-state index in [1.807, 2.05) is 27.7 Å². The van der Waals surface area contributed by atoms with Gasteiger partial charge in [-0.1, -0.05) is 105 Å². The lowest BCUT2D eigenvalue weighted by Crippen LogP contribution is -2.47. The van der Waals surface area contributed by atoms with E-state index >= 15 is 0 Å². The monoisotopic (exact) mass is 904 g/mol. The molecule has 2 heterocycles. The molecule has 0 bridgehead atoms. The quantitative estimate of drug-likeness (QED) is 0.148. The highest BCUT2D eigenvalue weighted by atomic mass is 35.5. The van der Waals surface area contributed by atoms with Gasteiger partial charge in [0.25, 0.3) is 5.56 Å². The van der Waals surface area contributed by atoms with E-state index in [4.69, 9.17) is 17.3 Å². The normalized spacial score (nSPS) is 19.2. The van der Waals surface area contributed by atoms with Crippen molar-refractivity contribution < 1.29 is 36.9 Å². The van der Waals surface area contributed by atoms with E-state index in [2.05, 4.69) is 40.5 Å². The molecule has 14 nitrogen and oxygen atoms in total. The molecule has 1 saturated heterocycles. The van der Waals surface area contributed by atoms with Crippen LogP contribution in [0, 0.1) is 23.7 Å². The van der Waals surface area contributed by atoms with Gasteiger partial charge < -0.3 is 25.7 Å². The number of primary amides is 1. The summed E-state index contributed by atoms with van der Waals surface area (Å²) in [5.41, 5.74) is 5.10. The second-order valence-corrected chi connectivity index (χ2v) is 17.5. The number of alkyl carbamates (subject to hydrolysis) is 1. The summed E-state index contributed by atoms with van der Waals surface area (Å²) in [6.45, 7) is 15.3. The third-order valence-corrected chi connectivity index (χ3v) is 11.6. The Bertz CT molecular complexity index is 1800. The molecule has 4 atom stereocenters. The molecule has 1 aliphatic heterocycles. The minimum Gasteiger partial charge on any atom is -0.453 e. The van der Waals surface area contributed by atoms with Gasteiger partial charge in [-0.3, -0.25) is 28.5 Å². The number of H-pyrrole nitrogens is 1. The molecule has 4 amide bonds. The van der Waals surface area contributed by atoms with Crippen LogP contribution in [-0.2, 0) is 36.7 Å². The lowest BCUT2D eigenvalue weighted by Gasteiger charge is -2.22. The number of ether oxygens (including phenoxy) is 1. The zero-order valence-electron chi connectivity index (χ0n) is 37.4. The summed E-state index contributed by atoms with van der Waals surface area (Å²) < 4.78 is 43.3. The van der Waals surface area contributed by atoms with Crippen molar-refractivity contribution in [3.63, 3.8) is 0 Å². The van der Waals surface area contributed by atoms with Gasteiger partial charge in [0.15, 0.2) is 0 Å². The number of nitrogens with two attached hydrogens (primary N) is 1. The van der Waals surface area contributed by atoms with E-state index < -0.39 is 53.2 Å². The Morgan fingerprint density at radius 2 is 1.59 bits per heavy atom. The van der Waals surface area contributed by atoms with Crippen molar-refractivity contribution in [2.24, 2.45) is 29.4 Å². The highest BCUT2D eigenvalue weighted by molar-refractivity contribution is 7.84. The molecule has 348 valence electrons. The fourth-order valence-electron chi connectivity index (χ4n) is 6.63. The number of halogens is 3. The molecule has 61 heavy (non-hydrogen) atoms. The molecule has 0 spiro atoms. The summed E-state index contributed by atoms with van der Waals surface area (Å²) in [5, 5.41) is 3.35. The van der Waals surface area contributed by atoms with Crippen molar-refractivity contribution in [2.75, 3.05) is 20.2 Å². The molecule has 2 aromatic rings. The first-order valence-electron chi connectivity index (χ1n) is 21.9. The highest BCUT2D eigenvalue weighted by Crippen LogP contribution is 2.43. The van der Waals surface area contributed by atoms with Crippen LogP contribution in [0.1, 0.15) is 132 Å². The fraction of sp³-hybridized carbons (Fsp3) is 0.721. The SMILES string of the molecule is CC.CC.CC(C)C.COC(=O)NCC(=O)N1CCCC1C(N)=O.O=C(NS(=O)C1CC1)C1CC1C(F)F.O=c1[nH]c2cc(Cl)ccc2c(=O)n1CCCCCC1CCCC1. The van der Waals surface area contributed by atoms with Gasteiger partial charge in [0, 0.05) is 29.9 Å². The van der Waals surface area contributed by atoms with Gasteiger partial charge in [-0.15, -0.1) is 0 Å². The summed E-state index contributed by atoms with van der Waals surface area (Å²) in [4.78, 5) is 73.3.